The van der Waals surface area contributed by atoms with Crippen LogP contribution in [0.1, 0.15) is 37.8 Å². The monoisotopic (exact) mass is 311 g/mol. The summed E-state index contributed by atoms with van der Waals surface area (Å²) in [4.78, 5) is 11.3. The van der Waals surface area contributed by atoms with Crippen molar-refractivity contribution in [3.63, 3.8) is 0 Å². The number of anilines is 1. The van der Waals surface area contributed by atoms with E-state index in [9.17, 15) is 0 Å². The topological polar surface area (TPSA) is 21.7 Å². The molecule has 2 rings (SSSR count). The summed E-state index contributed by atoms with van der Waals surface area (Å²) in [5.74, 6) is 0. The van der Waals surface area contributed by atoms with Gasteiger partial charge in [-0.05, 0) is 41.7 Å². The Morgan fingerprint density at radius 1 is 0.826 bits per heavy atom. The van der Waals surface area contributed by atoms with Gasteiger partial charge in [-0.2, -0.15) is 0 Å². The molecule has 2 aromatic carbocycles. The molecule has 3 heteroatoms. The van der Waals surface area contributed by atoms with Crippen LogP contribution in [0.4, 0.5) is 5.69 Å². The molecule has 0 amide bonds. The van der Waals surface area contributed by atoms with Crippen molar-refractivity contribution in [1.29, 1.82) is 0 Å². The summed E-state index contributed by atoms with van der Waals surface area (Å²) in [5, 5.41) is 1.52. The maximum Gasteiger partial charge on any atom is 0.0947 e. The van der Waals surface area contributed by atoms with Crippen molar-refractivity contribution in [2.24, 2.45) is 0 Å². The molecule has 0 aliphatic carbocycles. The van der Waals surface area contributed by atoms with E-state index in [0.29, 0.717) is 13.2 Å². The van der Waals surface area contributed by atoms with Crippen LogP contribution in [0.15, 0.2) is 61.2 Å². The first-order chi connectivity index (χ1) is 11.3. The maximum atomic E-state index is 5.65. The number of hydrogen-bond acceptors (Lipinski definition) is 3. The lowest BCUT2D eigenvalue weighted by molar-refractivity contribution is -0.0893. The lowest BCUT2D eigenvalue weighted by Crippen LogP contribution is -2.24. The molecule has 23 heavy (non-hydrogen) atoms. The van der Waals surface area contributed by atoms with Gasteiger partial charge in [-0.3, -0.25) is 0 Å². The highest BCUT2D eigenvalue weighted by Gasteiger charge is 2.09. The van der Waals surface area contributed by atoms with Crippen LogP contribution in [0.25, 0.3) is 5.57 Å². The van der Waals surface area contributed by atoms with E-state index in [2.05, 4.69) is 32.6 Å². The van der Waals surface area contributed by atoms with Crippen LogP contribution in [0.5, 0.6) is 0 Å². The highest BCUT2D eigenvalue weighted by Crippen LogP contribution is 2.24. The lowest BCUT2D eigenvalue weighted by atomic mass is 10.00. The minimum atomic E-state index is 0.627. The summed E-state index contributed by atoms with van der Waals surface area (Å²) in [6, 6.07) is 18.3. The largest absolute Gasteiger partial charge is 0.249 e. The van der Waals surface area contributed by atoms with Gasteiger partial charge in [0, 0.05) is 0 Å². The summed E-state index contributed by atoms with van der Waals surface area (Å²) >= 11 is 0. The van der Waals surface area contributed by atoms with E-state index in [1.165, 1.54) is 5.23 Å². The molecule has 0 heterocycles. The maximum absolute atomic E-state index is 5.65. The number of hydrogen-bond donors (Lipinski definition) is 0. The Morgan fingerprint density at radius 2 is 1.35 bits per heavy atom. The SMILES string of the molecule is C=C(c1ccccc1)c1ccc(N(OCCC)OCCC)cc1. The van der Waals surface area contributed by atoms with Gasteiger partial charge >= 0.3 is 0 Å². The molecule has 0 atom stereocenters. The molecular formula is C20H25NO2. The van der Waals surface area contributed by atoms with Crippen molar-refractivity contribution in [3.05, 3.63) is 72.3 Å². The summed E-state index contributed by atoms with van der Waals surface area (Å²) in [7, 11) is 0. The molecule has 0 N–H and O–H groups in total. The van der Waals surface area contributed by atoms with Gasteiger partial charge in [0.25, 0.3) is 0 Å². The standard InChI is InChI=1S/C20H25NO2/c1-4-15-22-21(23-16-5-2)20-13-11-19(12-14-20)17(3)18-9-7-6-8-10-18/h6-14H,3-5,15-16H2,1-2H3. The summed E-state index contributed by atoms with van der Waals surface area (Å²) < 4.78 is 0. The molecular weight excluding hydrogens is 286 g/mol. The van der Waals surface area contributed by atoms with Gasteiger partial charge in [-0.25, -0.2) is 9.68 Å². The van der Waals surface area contributed by atoms with E-state index < -0.39 is 0 Å². The number of nitrogens with zero attached hydrogens (tertiary/aromatic N) is 1. The summed E-state index contributed by atoms with van der Waals surface area (Å²) in [6.07, 6.45) is 1.88. The highest BCUT2D eigenvalue weighted by atomic mass is 16.9. The zero-order valence-electron chi connectivity index (χ0n) is 14.0. The molecule has 2 aromatic rings. The van der Waals surface area contributed by atoms with E-state index in [4.69, 9.17) is 9.68 Å². The molecule has 0 saturated heterocycles. The molecule has 0 aromatic heterocycles. The van der Waals surface area contributed by atoms with Crippen LogP contribution in [0.2, 0.25) is 0 Å². The Labute approximate surface area is 139 Å². The highest BCUT2D eigenvalue weighted by molar-refractivity contribution is 5.78. The second-order valence-electron chi connectivity index (χ2n) is 5.32. The minimum absolute atomic E-state index is 0.627. The van der Waals surface area contributed by atoms with Gasteiger partial charge in [0.05, 0.1) is 18.9 Å². The lowest BCUT2D eigenvalue weighted by Gasteiger charge is -2.22. The van der Waals surface area contributed by atoms with Gasteiger partial charge < -0.3 is 0 Å². The molecule has 0 bridgehead atoms. The molecule has 122 valence electrons. The van der Waals surface area contributed by atoms with Crippen LogP contribution in [0.3, 0.4) is 0 Å². The predicted octanol–water partition coefficient (Wildman–Crippen LogP) is 5.24. The Morgan fingerprint density at radius 3 is 1.87 bits per heavy atom. The number of rotatable bonds is 9. The van der Waals surface area contributed by atoms with E-state index in [-0.39, 0.29) is 0 Å². The molecule has 0 aliphatic heterocycles. The third-order valence-corrected chi connectivity index (χ3v) is 3.37. The van der Waals surface area contributed by atoms with Crippen LogP contribution in [0, 0.1) is 0 Å². The second-order valence-corrected chi connectivity index (χ2v) is 5.32. The quantitative estimate of drug-likeness (QED) is 0.591. The summed E-state index contributed by atoms with van der Waals surface area (Å²) in [6.45, 7) is 9.60. The zero-order chi connectivity index (χ0) is 16.5. The van der Waals surface area contributed by atoms with Crippen LogP contribution < -0.4 is 5.23 Å². The van der Waals surface area contributed by atoms with Gasteiger partial charge in [-0.1, -0.05) is 62.9 Å². The zero-order valence-corrected chi connectivity index (χ0v) is 14.0. The fourth-order valence-electron chi connectivity index (χ4n) is 2.13. The first kappa shape index (κ1) is 17.3. The molecule has 0 spiro atoms. The van der Waals surface area contributed by atoms with Crippen LogP contribution in [-0.2, 0) is 9.68 Å². The molecule has 0 aliphatic rings. The minimum Gasteiger partial charge on any atom is -0.249 e. The molecule has 3 nitrogen and oxygen atoms in total. The van der Waals surface area contributed by atoms with E-state index in [1.54, 1.807) is 0 Å². The third kappa shape index (κ3) is 4.95. The van der Waals surface area contributed by atoms with Gasteiger partial charge in [0.2, 0.25) is 0 Å². The fraction of sp³-hybridized carbons (Fsp3) is 0.300. The van der Waals surface area contributed by atoms with E-state index in [1.807, 2.05) is 42.5 Å². The van der Waals surface area contributed by atoms with E-state index in [0.717, 1.165) is 35.2 Å². The van der Waals surface area contributed by atoms with Gasteiger partial charge in [0.15, 0.2) is 0 Å². The Kier molecular flexibility index (Phi) is 6.85. The van der Waals surface area contributed by atoms with Crippen molar-refractivity contribution < 1.29 is 9.68 Å². The Bertz CT molecular complexity index is 585. The normalized spacial score (nSPS) is 10.5. The molecule has 0 saturated carbocycles. The first-order valence-electron chi connectivity index (χ1n) is 8.17. The fourth-order valence-corrected chi connectivity index (χ4v) is 2.13. The van der Waals surface area contributed by atoms with E-state index >= 15 is 0 Å². The molecule has 0 unspecified atom stereocenters. The van der Waals surface area contributed by atoms with Crippen LogP contribution >= 0.6 is 0 Å². The van der Waals surface area contributed by atoms with Crippen molar-refractivity contribution in [3.8, 4) is 0 Å². The molecule has 0 radical (unpaired) electrons. The summed E-state index contributed by atoms with van der Waals surface area (Å²) in [5.41, 5.74) is 4.11. The third-order valence-electron chi connectivity index (χ3n) is 3.37. The second kappa shape index (κ2) is 9.13. The predicted molar refractivity (Wildman–Crippen MR) is 96.0 cm³/mol. The molecule has 0 fully saturated rings. The van der Waals surface area contributed by atoms with Crippen molar-refractivity contribution >= 4 is 11.3 Å². The van der Waals surface area contributed by atoms with Gasteiger partial charge in [0.1, 0.15) is 0 Å². The number of benzene rings is 2. The Hall–Kier alpha value is -2.10. The van der Waals surface area contributed by atoms with Gasteiger partial charge in [-0.15, -0.1) is 5.23 Å². The smallest absolute Gasteiger partial charge is 0.0947 e. The van der Waals surface area contributed by atoms with Crippen LogP contribution in [-0.4, -0.2) is 13.2 Å². The van der Waals surface area contributed by atoms with Crippen molar-refractivity contribution in [1.82, 2.24) is 0 Å². The van der Waals surface area contributed by atoms with Crippen molar-refractivity contribution in [2.75, 3.05) is 18.4 Å². The van der Waals surface area contributed by atoms with Crippen molar-refractivity contribution in [2.45, 2.75) is 26.7 Å². The average molecular weight is 311 g/mol. The first-order valence-corrected chi connectivity index (χ1v) is 8.17. The Balaban J connectivity index is 2.11. The average Bonchev–Trinajstić information content (AvgIpc) is 2.62.